The maximum absolute atomic E-state index is 11.6. The molecule has 0 saturated carbocycles. The lowest BCUT2D eigenvalue weighted by molar-refractivity contribution is -0.145. The molecule has 0 aromatic rings. The van der Waals surface area contributed by atoms with Gasteiger partial charge in [0.15, 0.2) is 0 Å². The van der Waals surface area contributed by atoms with E-state index >= 15 is 0 Å². The Bertz CT molecular complexity index is 293. The van der Waals surface area contributed by atoms with Gasteiger partial charge in [0.2, 0.25) is 0 Å². The van der Waals surface area contributed by atoms with Crippen LogP contribution in [0.15, 0.2) is 0 Å². The summed E-state index contributed by atoms with van der Waals surface area (Å²) in [6, 6.07) is 0.186. The van der Waals surface area contributed by atoms with Gasteiger partial charge in [-0.1, -0.05) is 6.92 Å². The van der Waals surface area contributed by atoms with Crippen LogP contribution >= 0.6 is 11.8 Å². The second kappa shape index (κ2) is 8.90. The van der Waals surface area contributed by atoms with Crippen molar-refractivity contribution in [2.75, 3.05) is 18.1 Å². The molecule has 1 fully saturated rings. The van der Waals surface area contributed by atoms with E-state index < -0.39 is 11.5 Å². The lowest BCUT2D eigenvalue weighted by Crippen LogP contribution is -2.54. The number of hydrogen-bond donors (Lipinski definition) is 2. The molecule has 2 N–H and O–H groups in total. The Balaban J connectivity index is 2.28. The zero-order chi connectivity index (χ0) is 15.0. The van der Waals surface area contributed by atoms with Crippen LogP contribution in [0.25, 0.3) is 0 Å². The van der Waals surface area contributed by atoms with Gasteiger partial charge in [-0.05, 0) is 51.7 Å². The predicted molar refractivity (Wildman–Crippen MR) is 84.5 cm³/mol. The Hall–Kier alpha value is -0.260. The van der Waals surface area contributed by atoms with Crippen molar-refractivity contribution in [3.63, 3.8) is 0 Å². The van der Waals surface area contributed by atoms with E-state index in [0.29, 0.717) is 18.9 Å². The van der Waals surface area contributed by atoms with Gasteiger partial charge >= 0.3 is 5.97 Å². The molecule has 1 saturated heterocycles. The molecule has 0 aliphatic carbocycles. The standard InChI is InChI=1S/C15H29NO3S/c1-4-15(14(17)18,16-12(2)3)8-6-10-20-11-13-7-5-9-19-13/h12-13,16H,4-11H2,1-3H3,(H,17,18). The Morgan fingerprint density at radius 3 is 2.80 bits per heavy atom. The lowest BCUT2D eigenvalue weighted by Gasteiger charge is -2.31. The summed E-state index contributed by atoms with van der Waals surface area (Å²) in [6.07, 6.45) is 5.02. The predicted octanol–water partition coefficient (Wildman–Crippen LogP) is 2.91. The van der Waals surface area contributed by atoms with E-state index in [2.05, 4.69) is 5.32 Å². The highest BCUT2D eigenvalue weighted by Crippen LogP contribution is 2.22. The Morgan fingerprint density at radius 1 is 1.55 bits per heavy atom. The quantitative estimate of drug-likeness (QED) is 0.608. The first kappa shape index (κ1) is 17.8. The van der Waals surface area contributed by atoms with Crippen LogP contribution in [0.4, 0.5) is 0 Å². The normalized spacial score (nSPS) is 22.1. The zero-order valence-corrected chi connectivity index (χ0v) is 13.8. The molecule has 0 amide bonds. The average Bonchev–Trinajstić information content (AvgIpc) is 2.89. The molecular formula is C15H29NO3S. The third-order valence-corrected chi connectivity index (χ3v) is 4.98. The first-order valence-electron chi connectivity index (χ1n) is 7.70. The van der Waals surface area contributed by atoms with Gasteiger partial charge in [-0.25, -0.2) is 0 Å². The van der Waals surface area contributed by atoms with Crippen molar-refractivity contribution < 1.29 is 14.6 Å². The average molecular weight is 303 g/mol. The number of carbonyl (C=O) groups is 1. The molecule has 1 aliphatic rings. The van der Waals surface area contributed by atoms with Gasteiger partial charge in [0.1, 0.15) is 5.54 Å². The summed E-state index contributed by atoms with van der Waals surface area (Å²) in [7, 11) is 0. The summed E-state index contributed by atoms with van der Waals surface area (Å²) in [5, 5.41) is 12.8. The van der Waals surface area contributed by atoms with Crippen LogP contribution in [0.5, 0.6) is 0 Å². The summed E-state index contributed by atoms with van der Waals surface area (Å²) in [4.78, 5) is 11.6. The summed E-state index contributed by atoms with van der Waals surface area (Å²) >= 11 is 1.89. The van der Waals surface area contributed by atoms with Gasteiger partial charge in [0.05, 0.1) is 6.10 Å². The molecule has 1 rings (SSSR count). The highest BCUT2D eigenvalue weighted by Gasteiger charge is 2.36. The number of rotatable bonds is 10. The highest BCUT2D eigenvalue weighted by molar-refractivity contribution is 7.99. The van der Waals surface area contributed by atoms with Crippen molar-refractivity contribution in [1.82, 2.24) is 5.32 Å². The van der Waals surface area contributed by atoms with Gasteiger partial charge in [0, 0.05) is 18.4 Å². The first-order valence-corrected chi connectivity index (χ1v) is 8.86. The van der Waals surface area contributed by atoms with E-state index in [0.717, 1.165) is 24.5 Å². The zero-order valence-electron chi connectivity index (χ0n) is 13.0. The van der Waals surface area contributed by atoms with E-state index in [1.165, 1.54) is 12.8 Å². The molecule has 20 heavy (non-hydrogen) atoms. The van der Waals surface area contributed by atoms with Crippen molar-refractivity contribution in [3.05, 3.63) is 0 Å². The van der Waals surface area contributed by atoms with Crippen molar-refractivity contribution in [1.29, 1.82) is 0 Å². The Labute approximate surface area is 127 Å². The number of nitrogens with one attached hydrogen (secondary N) is 1. The SMILES string of the molecule is CCC(CCCSCC1CCCO1)(NC(C)C)C(=O)O. The molecule has 0 bridgehead atoms. The van der Waals surface area contributed by atoms with Crippen LogP contribution in [-0.2, 0) is 9.53 Å². The second-order valence-electron chi connectivity index (χ2n) is 5.85. The van der Waals surface area contributed by atoms with Crippen molar-refractivity contribution >= 4 is 17.7 Å². The summed E-state index contributed by atoms with van der Waals surface area (Å²) in [5.74, 6) is 1.33. The van der Waals surface area contributed by atoms with E-state index in [4.69, 9.17) is 4.74 Å². The fraction of sp³-hybridized carbons (Fsp3) is 0.933. The third-order valence-electron chi connectivity index (χ3n) is 3.80. The maximum Gasteiger partial charge on any atom is 0.323 e. The van der Waals surface area contributed by atoms with Gasteiger partial charge in [0.25, 0.3) is 0 Å². The molecule has 2 unspecified atom stereocenters. The van der Waals surface area contributed by atoms with Crippen molar-refractivity contribution in [3.8, 4) is 0 Å². The van der Waals surface area contributed by atoms with Crippen LogP contribution in [0.3, 0.4) is 0 Å². The van der Waals surface area contributed by atoms with Gasteiger partial charge in [-0.2, -0.15) is 11.8 Å². The Morgan fingerprint density at radius 2 is 2.30 bits per heavy atom. The maximum atomic E-state index is 11.6. The number of ether oxygens (including phenoxy) is 1. The number of carboxylic acid groups (broad SMARTS) is 1. The summed E-state index contributed by atoms with van der Waals surface area (Å²) < 4.78 is 5.59. The largest absolute Gasteiger partial charge is 0.480 e. The monoisotopic (exact) mass is 303 g/mol. The molecule has 0 aromatic heterocycles. The van der Waals surface area contributed by atoms with E-state index in [1.54, 1.807) is 0 Å². The second-order valence-corrected chi connectivity index (χ2v) is 7.00. The summed E-state index contributed by atoms with van der Waals surface area (Å²) in [6.45, 7) is 6.85. The fourth-order valence-electron chi connectivity index (χ4n) is 2.69. The van der Waals surface area contributed by atoms with Crippen LogP contribution in [0.2, 0.25) is 0 Å². The van der Waals surface area contributed by atoms with Crippen molar-refractivity contribution in [2.24, 2.45) is 0 Å². The molecule has 1 aliphatic heterocycles. The minimum Gasteiger partial charge on any atom is -0.480 e. The smallest absolute Gasteiger partial charge is 0.323 e. The molecule has 0 spiro atoms. The van der Waals surface area contributed by atoms with Gasteiger partial charge in [-0.3, -0.25) is 10.1 Å². The van der Waals surface area contributed by atoms with Crippen molar-refractivity contribution in [2.45, 2.75) is 70.6 Å². The van der Waals surface area contributed by atoms with Crippen LogP contribution in [0.1, 0.15) is 52.9 Å². The molecular weight excluding hydrogens is 274 g/mol. The minimum atomic E-state index is -0.765. The van der Waals surface area contributed by atoms with Crippen LogP contribution in [0, 0.1) is 0 Å². The minimum absolute atomic E-state index is 0.186. The van der Waals surface area contributed by atoms with Crippen LogP contribution < -0.4 is 5.32 Å². The molecule has 5 heteroatoms. The van der Waals surface area contributed by atoms with E-state index in [9.17, 15) is 9.90 Å². The number of hydrogen-bond acceptors (Lipinski definition) is 4. The first-order chi connectivity index (χ1) is 9.50. The molecule has 1 heterocycles. The third kappa shape index (κ3) is 5.62. The van der Waals surface area contributed by atoms with E-state index in [-0.39, 0.29) is 6.04 Å². The Kier molecular flexibility index (Phi) is 7.92. The lowest BCUT2D eigenvalue weighted by atomic mass is 9.90. The molecule has 0 radical (unpaired) electrons. The number of aliphatic carboxylic acids is 1. The number of carboxylic acids is 1. The fourth-order valence-corrected chi connectivity index (χ4v) is 3.73. The highest BCUT2D eigenvalue weighted by atomic mass is 32.2. The molecule has 0 aromatic carbocycles. The van der Waals surface area contributed by atoms with Gasteiger partial charge < -0.3 is 9.84 Å². The molecule has 2 atom stereocenters. The van der Waals surface area contributed by atoms with E-state index in [1.807, 2.05) is 32.5 Å². The molecule has 118 valence electrons. The molecule has 4 nitrogen and oxygen atoms in total. The van der Waals surface area contributed by atoms with Crippen LogP contribution in [-0.4, -0.2) is 46.9 Å². The summed E-state index contributed by atoms with van der Waals surface area (Å²) in [5.41, 5.74) is -0.765. The number of thioether (sulfide) groups is 1. The van der Waals surface area contributed by atoms with Gasteiger partial charge in [-0.15, -0.1) is 0 Å². The topological polar surface area (TPSA) is 58.6 Å².